The van der Waals surface area contributed by atoms with Crippen molar-refractivity contribution in [1.29, 1.82) is 5.26 Å². The van der Waals surface area contributed by atoms with Crippen LogP contribution in [-0.4, -0.2) is 20.3 Å². The predicted octanol–water partition coefficient (Wildman–Crippen LogP) is 1.83. The van der Waals surface area contributed by atoms with Crippen LogP contribution in [-0.2, 0) is 4.74 Å². The fraction of sp³-hybridized carbons (Fsp3) is 0.417. The smallest absolute Gasteiger partial charge is 0.101 e. The van der Waals surface area contributed by atoms with E-state index < -0.39 is 0 Å². The zero-order chi connectivity index (χ0) is 12.0. The maximum atomic E-state index is 8.94. The van der Waals surface area contributed by atoms with Crippen molar-refractivity contribution < 1.29 is 4.74 Å². The van der Waals surface area contributed by atoms with E-state index in [4.69, 9.17) is 15.7 Å². The van der Waals surface area contributed by atoms with E-state index in [0.29, 0.717) is 23.8 Å². The van der Waals surface area contributed by atoms with Gasteiger partial charge in [-0.3, -0.25) is 0 Å². The highest BCUT2D eigenvalue weighted by atomic mass is 16.5. The molecule has 0 spiro atoms. The Balaban J connectivity index is 2.64. The number of methoxy groups -OCH3 is 1. The minimum atomic E-state index is 0.397. The molecule has 0 radical (unpaired) electrons. The van der Waals surface area contributed by atoms with Crippen molar-refractivity contribution in [1.82, 2.24) is 0 Å². The van der Waals surface area contributed by atoms with Gasteiger partial charge >= 0.3 is 0 Å². The molecule has 0 aromatic heterocycles. The second kappa shape index (κ2) is 5.99. The van der Waals surface area contributed by atoms with E-state index in [1.54, 1.807) is 19.2 Å². The lowest BCUT2D eigenvalue weighted by Gasteiger charge is -2.13. The molecule has 1 unspecified atom stereocenters. The minimum Gasteiger partial charge on any atom is -0.399 e. The Labute approximate surface area is 96.0 Å². The fourth-order valence-corrected chi connectivity index (χ4v) is 1.44. The number of ether oxygens (including phenoxy) is 1. The van der Waals surface area contributed by atoms with Crippen molar-refractivity contribution in [3.63, 3.8) is 0 Å². The Morgan fingerprint density at radius 3 is 2.94 bits per heavy atom. The van der Waals surface area contributed by atoms with Crippen LogP contribution < -0.4 is 11.1 Å². The average molecular weight is 219 g/mol. The Morgan fingerprint density at radius 2 is 2.31 bits per heavy atom. The van der Waals surface area contributed by atoms with Crippen molar-refractivity contribution in [3.05, 3.63) is 23.8 Å². The molecule has 0 saturated carbocycles. The molecule has 4 heteroatoms. The molecule has 1 aromatic carbocycles. The predicted molar refractivity (Wildman–Crippen MR) is 65.1 cm³/mol. The number of hydrogen-bond acceptors (Lipinski definition) is 4. The highest BCUT2D eigenvalue weighted by molar-refractivity contribution is 5.62. The van der Waals surface area contributed by atoms with Crippen LogP contribution in [0.3, 0.4) is 0 Å². The molecule has 1 aromatic rings. The van der Waals surface area contributed by atoms with Crippen molar-refractivity contribution in [2.45, 2.75) is 6.92 Å². The third-order valence-corrected chi connectivity index (χ3v) is 2.26. The fourth-order valence-electron chi connectivity index (χ4n) is 1.44. The van der Waals surface area contributed by atoms with Crippen molar-refractivity contribution in [3.8, 4) is 6.07 Å². The summed E-state index contributed by atoms with van der Waals surface area (Å²) in [5.41, 5.74) is 7.60. The molecular formula is C12H17N3O. The lowest BCUT2D eigenvalue weighted by atomic mass is 10.1. The van der Waals surface area contributed by atoms with Gasteiger partial charge in [-0.15, -0.1) is 0 Å². The van der Waals surface area contributed by atoms with Crippen LogP contribution in [0.1, 0.15) is 12.5 Å². The molecule has 1 rings (SSSR count). The van der Waals surface area contributed by atoms with Crippen LogP contribution in [0.4, 0.5) is 11.4 Å². The number of nitrogen functional groups attached to an aromatic ring is 1. The Bertz CT molecular complexity index is 384. The van der Waals surface area contributed by atoms with Gasteiger partial charge in [0.05, 0.1) is 17.9 Å². The maximum absolute atomic E-state index is 8.94. The third kappa shape index (κ3) is 3.44. The number of benzene rings is 1. The zero-order valence-corrected chi connectivity index (χ0v) is 9.66. The largest absolute Gasteiger partial charge is 0.399 e. The molecule has 0 heterocycles. The van der Waals surface area contributed by atoms with Crippen LogP contribution in [0.2, 0.25) is 0 Å². The van der Waals surface area contributed by atoms with Gasteiger partial charge in [0.15, 0.2) is 0 Å². The van der Waals surface area contributed by atoms with Crippen LogP contribution in [0.25, 0.3) is 0 Å². The minimum absolute atomic E-state index is 0.397. The molecule has 1 atom stereocenters. The van der Waals surface area contributed by atoms with Gasteiger partial charge in [0.2, 0.25) is 0 Å². The summed E-state index contributed by atoms with van der Waals surface area (Å²) in [5.74, 6) is 0.397. The lowest BCUT2D eigenvalue weighted by Crippen LogP contribution is -2.16. The molecule has 0 amide bonds. The van der Waals surface area contributed by atoms with Crippen LogP contribution >= 0.6 is 0 Å². The van der Waals surface area contributed by atoms with E-state index >= 15 is 0 Å². The molecule has 0 aliphatic rings. The number of rotatable bonds is 5. The van der Waals surface area contributed by atoms with Gasteiger partial charge in [0.1, 0.15) is 6.07 Å². The first kappa shape index (κ1) is 12.3. The number of nitrogens with two attached hydrogens (primary N) is 1. The molecule has 0 aliphatic carbocycles. The second-order valence-electron chi connectivity index (χ2n) is 3.86. The molecule has 86 valence electrons. The van der Waals surface area contributed by atoms with Gasteiger partial charge < -0.3 is 15.8 Å². The highest BCUT2D eigenvalue weighted by Crippen LogP contribution is 2.18. The van der Waals surface area contributed by atoms with Gasteiger partial charge in [-0.1, -0.05) is 6.92 Å². The molecule has 4 nitrogen and oxygen atoms in total. The summed E-state index contributed by atoms with van der Waals surface area (Å²) < 4.78 is 5.04. The van der Waals surface area contributed by atoms with Crippen molar-refractivity contribution >= 4 is 11.4 Å². The zero-order valence-electron chi connectivity index (χ0n) is 9.66. The van der Waals surface area contributed by atoms with Crippen LogP contribution in [0, 0.1) is 17.2 Å². The monoisotopic (exact) mass is 219 g/mol. The first-order valence-electron chi connectivity index (χ1n) is 5.19. The normalized spacial score (nSPS) is 11.8. The lowest BCUT2D eigenvalue weighted by molar-refractivity contribution is 0.164. The quantitative estimate of drug-likeness (QED) is 0.741. The van der Waals surface area contributed by atoms with Gasteiger partial charge in [0.25, 0.3) is 0 Å². The van der Waals surface area contributed by atoms with Gasteiger partial charge in [-0.25, -0.2) is 0 Å². The van der Waals surface area contributed by atoms with Crippen LogP contribution in [0.15, 0.2) is 18.2 Å². The topological polar surface area (TPSA) is 71.1 Å². The molecule has 3 N–H and O–H groups in total. The summed E-state index contributed by atoms with van der Waals surface area (Å²) in [5, 5.41) is 12.2. The molecular weight excluding hydrogens is 202 g/mol. The summed E-state index contributed by atoms with van der Waals surface area (Å²) in [4.78, 5) is 0. The summed E-state index contributed by atoms with van der Waals surface area (Å²) >= 11 is 0. The SMILES string of the molecule is COCC(C)CNc1ccc(N)cc1C#N. The summed E-state index contributed by atoms with van der Waals surface area (Å²) in [6.45, 7) is 3.55. The molecule has 0 bridgehead atoms. The summed E-state index contributed by atoms with van der Waals surface area (Å²) in [6, 6.07) is 7.40. The van der Waals surface area contributed by atoms with E-state index in [2.05, 4.69) is 18.3 Å². The maximum Gasteiger partial charge on any atom is 0.101 e. The Morgan fingerprint density at radius 1 is 1.56 bits per heavy atom. The third-order valence-electron chi connectivity index (χ3n) is 2.26. The van der Waals surface area contributed by atoms with Crippen molar-refractivity contribution in [2.24, 2.45) is 5.92 Å². The first-order valence-corrected chi connectivity index (χ1v) is 5.19. The standard InChI is InChI=1S/C12H17N3O/c1-9(8-16-2)7-15-12-4-3-11(14)5-10(12)6-13/h3-5,9,15H,7-8,14H2,1-2H3. The van der Waals surface area contributed by atoms with Crippen LogP contribution in [0.5, 0.6) is 0 Å². The number of nitrogens with one attached hydrogen (secondary N) is 1. The average Bonchev–Trinajstić information content (AvgIpc) is 2.27. The van der Waals surface area contributed by atoms with Gasteiger partial charge in [0, 0.05) is 19.3 Å². The van der Waals surface area contributed by atoms with E-state index in [0.717, 1.165) is 12.2 Å². The Kier molecular flexibility index (Phi) is 4.62. The second-order valence-corrected chi connectivity index (χ2v) is 3.86. The number of nitriles is 1. The van der Waals surface area contributed by atoms with E-state index in [1.807, 2.05) is 6.07 Å². The number of anilines is 2. The van der Waals surface area contributed by atoms with E-state index in [1.165, 1.54) is 0 Å². The molecule has 0 aliphatic heterocycles. The van der Waals surface area contributed by atoms with Crippen molar-refractivity contribution in [2.75, 3.05) is 31.3 Å². The van der Waals surface area contributed by atoms with E-state index in [-0.39, 0.29) is 0 Å². The summed E-state index contributed by atoms with van der Waals surface area (Å²) in [7, 11) is 1.68. The molecule has 0 saturated heterocycles. The first-order chi connectivity index (χ1) is 7.67. The van der Waals surface area contributed by atoms with Gasteiger partial charge in [-0.2, -0.15) is 5.26 Å². The van der Waals surface area contributed by atoms with Gasteiger partial charge in [-0.05, 0) is 24.1 Å². The highest BCUT2D eigenvalue weighted by Gasteiger charge is 2.05. The number of hydrogen-bond donors (Lipinski definition) is 2. The Hall–Kier alpha value is -1.73. The molecule has 0 fully saturated rings. The number of nitrogens with zero attached hydrogens (tertiary/aromatic N) is 1. The van der Waals surface area contributed by atoms with E-state index in [9.17, 15) is 0 Å². The summed E-state index contributed by atoms with van der Waals surface area (Å²) in [6.07, 6.45) is 0. The molecule has 16 heavy (non-hydrogen) atoms.